The van der Waals surface area contributed by atoms with Crippen LogP contribution in [0.5, 0.6) is 0 Å². The minimum Gasteiger partial charge on any atom is -0.360 e. The van der Waals surface area contributed by atoms with E-state index in [1.54, 1.807) is 4.90 Å². The van der Waals surface area contributed by atoms with Crippen molar-refractivity contribution < 1.29 is 17.7 Å². The van der Waals surface area contributed by atoms with Gasteiger partial charge in [0.15, 0.2) is 5.69 Å². The summed E-state index contributed by atoms with van der Waals surface area (Å²) >= 11 is 0. The molecule has 0 saturated carbocycles. The molecule has 1 saturated heterocycles. The molecule has 7 nitrogen and oxygen atoms in total. The Morgan fingerprint density at radius 3 is 2.64 bits per heavy atom. The van der Waals surface area contributed by atoms with Crippen LogP contribution < -0.4 is 4.72 Å². The number of nitrogens with zero attached hydrogens (tertiary/aromatic N) is 2. The van der Waals surface area contributed by atoms with Gasteiger partial charge in [-0.15, -0.1) is 0 Å². The monoisotopic (exact) mass is 327 g/mol. The van der Waals surface area contributed by atoms with Crippen molar-refractivity contribution in [1.29, 1.82) is 0 Å². The predicted octanol–water partition coefficient (Wildman–Crippen LogP) is 0.707. The molecule has 122 valence electrons. The lowest BCUT2D eigenvalue weighted by atomic mass is 9.96. The van der Waals surface area contributed by atoms with Crippen molar-refractivity contribution >= 4 is 15.9 Å². The molecule has 0 radical (unpaired) electrons. The second-order valence-electron chi connectivity index (χ2n) is 5.88. The first-order chi connectivity index (χ1) is 10.5. The second-order valence-corrected chi connectivity index (χ2v) is 8.05. The molecule has 1 aromatic rings. The maximum Gasteiger partial charge on any atom is 0.276 e. The third kappa shape index (κ3) is 2.77. The Hall–Kier alpha value is -1.41. The summed E-state index contributed by atoms with van der Waals surface area (Å²) < 4.78 is 31.3. The van der Waals surface area contributed by atoms with E-state index in [1.165, 1.54) is 7.05 Å². The minimum absolute atomic E-state index is 0.132. The number of carbonyl (C=O) groups excluding carboxylic acids is 1. The van der Waals surface area contributed by atoms with Gasteiger partial charge in [-0.2, -0.15) is 0 Å². The topological polar surface area (TPSA) is 92.5 Å². The van der Waals surface area contributed by atoms with E-state index in [1.807, 2.05) is 0 Å². The average molecular weight is 327 g/mol. The number of aromatic nitrogens is 1. The lowest BCUT2D eigenvalue weighted by Gasteiger charge is -2.31. The van der Waals surface area contributed by atoms with Gasteiger partial charge >= 0.3 is 0 Å². The molecule has 1 N–H and O–H groups in total. The van der Waals surface area contributed by atoms with Crippen LogP contribution in [0.1, 0.15) is 47.5 Å². The first kappa shape index (κ1) is 15.5. The summed E-state index contributed by atoms with van der Waals surface area (Å²) in [5.41, 5.74) is 1.37. The number of likely N-dealkylation sites (tertiary alicyclic amines) is 1. The number of sulfonamides is 1. The maximum absolute atomic E-state index is 12.6. The summed E-state index contributed by atoms with van der Waals surface area (Å²) in [6.45, 7) is 0.873. The molecule has 2 heterocycles. The van der Waals surface area contributed by atoms with Gasteiger partial charge in [0.2, 0.25) is 10.0 Å². The Morgan fingerprint density at radius 2 is 1.95 bits per heavy atom. The second kappa shape index (κ2) is 6.00. The summed E-state index contributed by atoms with van der Waals surface area (Å²) in [6.07, 6.45) is 4.71. The van der Waals surface area contributed by atoms with Crippen LogP contribution in [0.25, 0.3) is 0 Å². The zero-order valence-electron chi connectivity index (χ0n) is 12.7. The molecule has 3 rings (SSSR count). The third-order valence-electron chi connectivity index (χ3n) is 4.61. The highest BCUT2D eigenvalue weighted by atomic mass is 32.2. The fourth-order valence-corrected chi connectivity index (χ4v) is 4.40. The fourth-order valence-electron chi connectivity index (χ4n) is 3.24. The van der Waals surface area contributed by atoms with E-state index in [0.717, 1.165) is 37.0 Å². The summed E-state index contributed by atoms with van der Waals surface area (Å²) in [5, 5.41) is 3.54. The Balaban J connectivity index is 1.69. The van der Waals surface area contributed by atoms with Gasteiger partial charge in [-0.1, -0.05) is 5.16 Å². The third-order valence-corrected chi connectivity index (χ3v) is 6.52. The van der Waals surface area contributed by atoms with Crippen molar-refractivity contribution in [2.45, 2.75) is 43.8 Å². The lowest BCUT2D eigenvalue weighted by Crippen LogP contribution is -2.45. The summed E-state index contributed by atoms with van der Waals surface area (Å²) in [4.78, 5) is 14.3. The number of nitrogens with one attached hydrogen (secondary N) is 1. The number of piperidine rings is 1. The van der Waals surface area contributed by atoms with Crippen molar-refractivity contribution in [3.63, 3.8) is 0 Å². The number of fused-ring (bicyclic) bond motifs is 1. The molecule has 0 unspecified atom stereocenters. The van der Waals surface area contributed by atoms with Crippen LogP contribution in [-0.4, -0.2) is 49.8 Å². The van der Waals surface area contributed by atoms with E-state index in [0.29, 0.717) is 31.6 Å². The van der Waals surface area contributed by atoms with E-state index in [-0.39, 0.29) is 5.91 Å². The number of carbonyl (C=O) groups is 1. The summed E-state index contributed by atoms with van der Waals surface area (Å²) in [7, 11) is -1.84. The first-order valence-corrected chi connectivity index (χ1v) is 9.26. The quantitative estimate of drug-likeness (QED) is 0.882. The van der Waals surface area contributed by atoms with Crippen molar-refractivity contribution in [3.05, 3.63) is 17.0 Å². The molecular formula is C14H21N3O4S. The molecule has 2 aliphatic rings. The zero-order chi connectivity index (χ0) is 15.7. The van der Waals surface area contributed by atoms with Crippen molar-refractivity contribution in [2.75, 3.05) is 20.1 Å². The zero-order valence-corrected chi connectivity index (χ0v) is 13.5. The summed E-state index contributed by atoms with van der Waals surface area (Å²) in [5.74, 6) is 0.703. The van der Waals surface area contributed by atoms with Gasteiger partial charge in [-0.05, 0) is 39.2 Å². The number of amides is 1. The molecule has 1 fully saturated rings. The number of aryl methyl sites for hydroxylation is 1. The van der Waals surface area contributed by atoms with Gasteiger partial charge in [0, 0.05) is 25.1 Å². The van der Waals surface area contributed by atoms with Gasteiger partial charge in [-0.3, -0.25) is 4.79 Å². The number of hydrogen-bond donors (Lipinski definition) is 1. The van der Waals surface area contributed by atoms with Gasteiger partial charge in [0.1, 0.15) is 5.76 Å². The Morgan fingerprint density at radius 1 is 1.27 bits per heavy atom. The van der Waals surface area contributed by atoms with Gasteiger partial charge in [0.25, 0.3) is 5.91 Å². The molecule has 1 aliphatic heterocycles. The standard InChI is InChI=1S/C14H21N3O4S/c1-15-22(19,20)10-6-8-17(9-7-10)14(18)13-11-4-2-3-5-12(11)21-16-13/h10,15H,2-9H2,1H3. The fraction of sp³-hybridized carbons (Fsp3) is 0.714. The normalized spacial score (nSPS) is 20.0. The molecule has 22 heavy (non-hydrogen) atoms. The Bertz CT molecular complexity index is 660. The van der Waals surface area contributed by atoms with Crippen LogP contribution >= 0.6 is 0 Å². The van der Waals surface area contributed by atoms with Gasteiger partial charge in [-0.25, -0.2) is 13.1 Å². The summed E-state index contributed by atoms with van der Waals surface area (Å²) in [6, 6.07) is 0. The van der Waals surface area contributed by atoms with Crippen molar-refractivity contribution in [2.24, 2.45) is 0 Å². The highest BCUT2D eigenvalue weighted by Gasteiger charge is 2.33. The van der Waals surface area contributed by atoms with Crippen LogP contribution in [-0.2, 0) is 22.9 Å². The van der Waals surface area contributed by atoms with Crippen LogP contribution in [0, 0.1) is 0 Å². The molecule has 1 amide bonds. The van der Waals surface area contributed by atoms with E-state index < -0.39 is 15.3 Å². The highest BCUT2D eigenvalue weighted by molar-refractivity contribution is 7.90. The van der Waals surface area contributed by atoms with Crippen LogP contribution in [0.3, 0.4) is 0 Å². The molecule has 0 aromatic carbocycles. The largest absolute Gasteiger partial charge is 0.360 e. The molecule has 0 spiro atoms. The van der Waals surface area contributed by atoms with Crippen LogP contribution in [0.4, 0.5) is 0 Å². The van der Waals surface area contributed by atoms with E-state index in [4.69, 9.17) is 4.52 Å². The van der Waals surface area contributed by atoms with Crippen molar-refractivity contribution in [3.8, 4) is 0 Å². The molecule has 0 bridgehead atoms. The first-order valence-electron chi connectivity index (χ1n) is 7.72. The SMILES string of the molecule is CNS(=O)(=O)C1CCN(C(=O)c2noc3c2CCCC3)CC1. The average Bonchev–Trinajstić information content (AvgIpc) is 2.98. The molecule has 1 aromatic heterocycles. The van der Waals surface area contributed by atoms with Crippen LogP contribution in [0.15, 0.2) is 4.52 Å². The van der Waals surface area contributed by atoms with Crippen LogP contribution in [0.2, 0.25) is 0 Å². The molecule has 8 heteroatoms. The highest BCUT2D eigenvalue weighted by Crippen LogP contribution is 2.26. The predicted molar refractivity (Wildman–Crippen MR) is 80.1 cm³/mol. The Labute approximate surface area is 130 Å². The number of rotatable bonds is 3. The van der Waals surface area contributed by atoms with E-state index >= 15 is 0 Å². The minimum atomic E-state index is -3.26. The van der Waals surface area contributed by atoms with E-state index in [9.17, 15) is 13.2 Å². The molecular weight excluding hydrogens is 306 g/mol. The smallest absolute Gasteiger partial charge is 0.276 e. The molecule has 0 atom stereocenters. The van der Waals surface area contributed by atoms with Gasteiger partial charge in [0.05, 0.1) is 5.25 Å². The van der Waals surface area contributed by atoms with Crippen molar-refractivity contribution in [1.82, 2.24) is 14.8 Å². The maximum atomic E-state index is 12.6. The van der Waals surface area contributed by atoms with E-state index in [2.05, 4.69) is 9.88 Å². The number of hydrogen-bond acceptors (Lipinski definition) is 5. The Kier molecular flexibility index (Phi) is 4.22. The molecule has 1 aliphatic carbocycles. The van der Waals surface area contributed by atoms with Gasteiger partial charge < -0.3 is 9.42 Å². The lowest BCUT2D eigenvalue weighted by molar-refractivity contribution is 0.0714.